The Morgan fingerprint density at radius 3 is 2.68 bits per heavy atom. The van der Waals surface area contributed by atoms with Crippen molar-refractivity contribution >= 4 is 17.4 Å². The maximum absolute atomic E-state index is 5.89. The lowest BCUT2D eigenvalue weighted by Gasteiger charge is -2.27. The average molecular weight is 282 g/mol. The predicted octanol–water partition coefficient (Wildman–Crippen LogP) is 3.24. The van der Waals surface area contributed by atoms with E-state index >= 15 is 0 Å². The Hall–Kier alpha value is -0.870. The molecule has 0 bridgehead atoms. The Balaban J connectivity index is 2.81. The van der Waals surface area contributed by atoms with Crippen molar-refractivity contribution in [2.24, 2.45) is 0 Å². The number of nitrogens with zero attached hydrogens (tertiary/aromatic N) is 1. The van der Waals surface area contributed by atoms with Crippen LogP contribution < -0.4 is 10.5 Å². The van der Waals surface area contributed by atoms with Crippen molar-refractivity contribution in [2.45, 2.75) is 32.9 Å². The molecule has 0 saturated heterocycles. The van der Waals surface area contributed by atoms with Crippen molar-refractivity contribution in [1.82, 2.24) is 4.90 Å². The highest BCUT2D eigenvalue weighted by atomic mass is 32.2. The SMILES string of the molecule is CCOc1ccc(N)cc1CN(C)C(CC)CSC. The number of nitrogens with two attached hydrogens (primary N) is 1. The highest BCUT2D eigenvalue weighted by Crippen LogP contribution is 2.24. The van der Waals surface area contributed by atoms with Crippen molar-refractivity contribution < 1.29 is 4.74 Å². The third kappa shape index (κ3) is 4.96. The first-order chi connectivity index (χ1) is 9.12. The summed E-state index contributed by atoms with van der Waals surface area (Å²) in [6, 6.07) is 6.48. The van der Waals surface area contributed by atoms with Gasteiger partial charge < -0.3 is 10.5 Å². The van der Waals surface area contributed by atoms with Crippen LogP contribution in [0.5, 0.6) is 5.75 Å². The standard InChI is InChI=1S/C15H26N2OS/c1-5-14(11-19-4)17(3)10-12-9-13(16)7-8-15(12)18-6-2/h7-9,14H,5-6,10-11,16H2,1-4H3. The zero-order valence-corrected chi connectivity index (χ0v) is 13.3. The molecule has 4 heteroatoms. The van der Waals surface area contributed by atoms with E-state index in [9.17, 15) is 0 Å². The van der Waals surface area contributed by atoms with Gasteiger partial charge in [-0.25, -0.2) is 0 Å². The van der Waals surface area contributed by atoms with Gasteiger partial charge in [-0.2, -0.15) is 11.8 Å². The molecular weight excluding hydrogens is 256 g/mol. The fraction of sp³-hybridized carbons (Fsp3) is 0.600. The van der Waals surface area contributed by atoms with Crippen molar-refractivity contribution in [2.75, 3.05) is 31.4 Å². The summed E-state index contributed by atoms with van der Waals surface area (Å²) in [5.41, 5.74) is 7.85. The van der Waals surface area contributed by atoms with Gasteiger partial charge in [0.25, 0.3) is 0 Å². The summed E-state index contributed by atoms with van der Waals surface area (Å²) in [4.78, 5) is 2.38. The minimum atomic E-state index is 0.589. The number of rotatable bonds is 8. The number of thioether (sulfide) groups is 1. The van der Waals surface area contributed by atoms with Crippen molar-refractivity contribution in [1.29, 1.82) is 0 Å². The molecule has 19 heavy (non-hydrogen) atoms. The molecule has 1 unspecified atom stereocenters. The second-order valence-electron chi connectivity index (χ2n) is 4.73. The molecule has 0 aliphatic heterocycles. The molecule has 0 aliphatic carbocycles. The Morgan fingerprint density at radius 2 is 2.11 bits per heavy atom. The van der Waals surface area contributed by atoms with E-state index in [1.54, 1.807) is 0 Å². The Bertz CT molecular complexity index is 384. The largest absolute Gasteiger partial charge is 0.494 e. The monoisotopic (exact) mass is 282 g/mol. The fourth-order valence-electron chi connectivity index (χ4n) is 2.17. The molecule has 0 aliphatic rings. The van der Waals surface area contributed by atoms with Gasteiger partial charge in [-0.15, -0.1) is 0 Å². The maximum Gasteiger partial charge on any atom is 0.123 e. The van der Waals surface area contributed by atoms with E-state index in [1.807, 2.05) is 36.9 Å². The van der Waals surface area contributed by atoms with E-state index in [0.717, 1.165) is 30.2 Å². The topological polar surface area (TPSA) is 38.5 Å². The van der Waals surface area contributed by atoms with Crippen LogP contribution >= 0.6 is 11.8 Å². The summed E-state index contributed by atoms with van der Waals surface area (Å²) >= 11 is 1.89. The normalized spacial score (nSPS) is 12.7. The maximum atomic E-state index is 5.89. The summed E-state index contributed by atoms with van der Waals surface area (Å²) in [6.07, 6.45) is 3.31. The summed E-state index contributed by atoms with van der Waals surface area (Å²) in [5.74, 6) is 2.10. The van der Waals surface area contributed by atoms with Crippen LogP contribution in [0, 0.1) is 0 Å². The molecule has 108 valence electrons. The van der Waals surface area contributed by atoms with Gasteiger partial charge in [0.2, 0.25) is 0 Å². The third-order valence-electron chi connectivity index (χ3n) is 3.26. The van der Waals surface area contributed by atoms with Crippen LogP contribution in [-0.2, 0) is 6.54 Å². The summed E-state index contributed by atoms with van der Waals surface area (Å²) < 4.78 is 5.68. The fourth-order valence-corrected chi connectivity index (χ4v) is 3.04. The number of nitrogen functional groups attached to an aromatic ring is 1. The van der Waals surface area contributed by atoms with Crippen LogP contribution in [0.2, 0.25) is 0 Å². The molecule has 0 fully saturated rings. The molecule has 0 spiro atoms. The molecular formula is C15H26N2OS. The first kappa shape index (κ1) is 16.2. The highest BCUT2D eigenvalue weighted by molar-refractivity contribution is 7.98. The number of anilines is 1. The van der Waals surface area contributed by atoms with E-state index in [0.29, 0.717) is 12.6 Å². The van der Waals surface area contributed by atoms with Crippen LogP contribution in [0.4, 0.5) is 5.69 Å². The lowest BCUT2D eigenvalue weighted by Crippen LogP contribution is -2.32. The predicted molar refractivity (Wildman–Crippen MR) is 86.0 cm³/mol. The van der Waals surface area contributed by atoms with Crippen molar-refractivity contribution in [3.05, 3.63) is 23.8 Å². The van der Waals surface area contributed by atoms with Crippen LogP contribution in [0.15, 0.2) is 18.2 Å². The van der Waals surface area contributed by atoms with Crippen LogP contribution in [0.3, 0.4) is 0 Å². The Morgan fingerprint density at radius 1 is 1.37 bits per heavy atom. The van der Waals surface area contributed by atoms with E-state index in [1.165, 1.54) is 5.56 Å². The molecule has 0 saturated carbocycles. The van der Waals surface area contributed by atoms with Gasteiger partial charge in [-0.1, -0.05) is 6.92 Å². The minimum Gasteiger partial charge on any atom is -0.494 e. The van der Waals surface area contributed by atoms with Crippen molar-refractivity contribution in [3.8, 4) is 5.75 Å². The van der Waals surface area contributed by atoms with Gasteiger partial charge in [0.1, 0.15) is 5.75 Å². The molecule has 3 nitrogen and oxygen atoms in total. The van der Waals surface area contributed by atoms with Gasteiger partial charge >= 0.3 is 0 Å². The zero-order chi connectivity index (χ0) is 14.3. The minimum absolute atomic E-state index is 0.589. The first-order valence-corrected chi connectivity index (χ1v) is 8.22. The highest BCUT2D eigenvalue weighted by Gasteiger charge is 2.14. The number of benzene rings is 1. The van der Waals surface area contributed by atoms with Gasteiger partial charge in [-0.3, -0.25) is 4.90 Å². The third-order valence-corrected chi connectivity index (χ3v) is 3.98. The van der Waals surface area contributed by atoms with Crippen LogP contribution in [-0.4, -0.2) is 36.6 Å². The summed E-state index contributed by atoms with van der Waals surface area (Å²) in [5, 5.41) is 0. The quantitative estimate of drug-likeness (QED) is 0.743. The van der Waals surface area contributed by atoms with E-state index in [-0.39, 0.29) is 0 Å². The summed E-state index contributed by atoms with van der Waals surface area (Å²) in [7, 11) is 2.17. The second kappa shape index (κ2) is 8.33. The van der Waals surface area contributed by atoms with E-state index in [2.05, 4.69) is 25.1 Å². The number of hydrogen-bond donors (Lipinski definition) is 1. The molecule has 0 heterocycles. The Labute approximate surface area is 121 Å². The number of hydrogen-bond acceptors (Lipinski definition) is 4. The molecule has 1 rings (SSSR count). The molecule has 0 amide bonds. The second-order valence-corrected chi connectivity index (χ2v) is 5.64. The lowest BCUT2D eigenvalue weighted by atomic mass is 10.1. The van der Waals surface area contributed by atoms with Gasteiger partial charge in [0.05, 0.1) is 6.61 Å². The zero-order valence-electron chi connectivity index (χ0n) is 12.5. The van der Waals surface area contributed by atoms with Crippen LogP contribution in [0.1, 0.15) is 25.8 Å². The molecule has 1 aromatic rings. The molecule has 0 aromatic heterocycles. The number of ether oxygens (including phenoxy) is 1. The van der Waals surface area contributed by atoms with Gasteiger partial charge in [0.15, 0.2) is 0 Å². The molecule has 1 atom stereocenters. The molecule has 1 aromatic carbocycles. The van der Waals surface area contributed by atoms with Crippen LogP contribution in [0.25, 0.3) is 0 Å². The average Bonchev–Trinajstić information content (AvgIpc) is 2.39. The van der Waals surface area contributed by atoms with Gasteiger partial charge in [-0.05, 0) is 44.8 Å². The van der Waals surface area contributed by atoms with E-state index < -0.39 is 0 Å². The molecule has 0 radical (unpaired) electrons. The van der Waals surface area contributed by atoms with Crippen molar-refractivity contribution in [3.63, 3.8) is 0 Å². The lowest BCUT2D eigenvalue weighted by molar-refractivity contribution is 0.241. The Kier molecular flexibility index (Phi) is 7.10. The van der Waals surface area contributed by atoms with Gasteiger partial charge in [0, 0.05) is 29.6 Å². The van der Waals surface area contributed by atoms with E-state index in [4.69, 9.17) is 10.5 Å². The first-order valence-electron chi connectivity index (χ1n) is 6.82. The summed E-state index contributed by atoms with van der Waals surface area (Å²) in [6.45, 7) is 5.80. The molecule has 2 N–H and O–H groups in total. The smallest absolute Gasteiger partial charge is 0.123 e.